The molecule has 0 unspecified atom stereocenters. The van der Waals surface area contributed by atoms with Crippen LogP contribution in [0, 0.1) is 19.8 Å². The van der Waals surface area contributed by atoms with Gasteiger partial charge in [0.15, 0.2) is 0 Å². The molecule has 6 heteroatoms. The summed E-state index contributed by atoms with van der Waals surface area (Å²) in [5.41, 5.74) is 4.84. The molecule has 0 radical (unpaired) electrons. The Morgan fingerprint density at radius 3 is 2.44 bits per heavy atom. The molecule has 2 aliphatic rings. The van der Waals surface area contributed by atoms with Gasteiger partial charge in [-0.3, -0.25) is 4.79 Å². The summed E-state index contributed by atoms with van der Waals surface area (Å²) in [4.78, 5) is 25.4. The van der Waals surface area contributed by atoms with Crippen LogP contribution in [0.1, 0.15) is 35.2 Å². The first kappa shape index (κ1) is 17.8. The Labute approximate surface area is 159 Å². The Bertz CT molecular complexity index is 859. The summed E-state index contributed by atoms with van der Waals surface area (Å²) in [7, 11) is 0. The summed E-state index contributed by atoms with van der Waals surface area (Å²) < 4.78 is 0. The topological polar surface area (TPSA) is 69.6 Å². The number of rotatable bonds is 3. The molecule has 142 valence electrons. The second kappa shape index (κ2) is 7.18. The van der Waals surface area contributed by atoms with Crippen LogP contribution in [-0.2, 0) is 17.8 Å². The van der Waals surface area contributed by atoms with Gasteiger partial charge >= 0.3 is 5.97 Å². The molecule has 1 saturated heterocycles. The molecule has 1 aromatic carbocycles. The number of aromatic nitrogens is 2. The number of hydrogen-bond donors (Lipinski definition) is 1. The molecule has 0 bridgehead atoms. The first-order valence-corrected chi connectivity index (χ1v) is 9.67. The van der Waals surface area contributed by atoms with E-state index in [0.717, 1.165) is 55.6 Å². The van der Waals surface area contributed by atoms with Crippen molar-refractivity contribution in [2.75, 3.05) is 29.4 Å². The molecule has 1 N–H and O–H groups in total. The van der Waals surface area contributed by atoms with Gasteiger partial charge in [0.25, 0.3) is 0 Å². The average molecular weight is 366 g/mol. The summed E-state index contributed by atoms with van der Waals surface area (Å²) in [5.74, 6) is 0.823. The number of benzene rings is 1. The van der Waals surface area contributed by atoms with Crippen molar-refractivity contribution in [3.63, 3.8) is 0 Å². The molecule has 2 aliphatic heterocycles. The van der Waals surface area contributed by atoms with Crippen molar-refractivity contribution in [3.8, 4) is 0 Å². The number of carboxylic acids is 1. The highest BCUT2D eigenvalue weighted by atomic mass is 16.4. The lowest BCUT2D eigenvalue weighted by atomic mass is 9.97. The van der Waals surface area contributed by atoms with Gasteiger partial charge in [-0.05, 0) is 44.2 Å². The molecule has 0 spiro atoms. The van der Waals surface area contributed by atoms with E-state index in [9.17, 15) is 9.90 Å². The third-order valence-electron chi connectivity index (χ3n) is 5.91. The highest BCUT2D eigenvalue weighted by molar-refractivity contribution is 5.70. The Morgan fingerprint density at radius 1 is 1.04 bits per heavy atom. The van der Waals surface area contributed by atoms with Crippen LogP contribution in [0.3, 0.4) is 0 Å². The van der Waals surface area contributed by atoms with Gasteiger partial charge in [0.05, 0.1) is 5.92 Å². The van der Waals surface area contributed by atoms with E-state index in [0.29, 0.717) is 12.8 Å². The maximum absolute atomic E-state index is 11.2. The number of aryl methyl sites for hydroxylation is 1. The predicted octanol–water partition coefficient (Wildman–Crippen LogP) is 2.96. The van der Waals surface area contributed by atoms with Crippen LogP contribution in [-0.4, -0.2) is 40.7 Å². The Balaban J connectivity index is 1.58. The number of aliphatic carboxylic acids is 1. The van der Waals surface area contributed by atoms with Crippen molar-refractivity contribution in [1.82, 2.24) is 9.97 Å². The van der Waals surface area contributed by atoms with E-state index < -0.39 is 5.97 Å². The van der Waals surface area contributed by atoms with Crippen LogP contribution < -0.4 is 9.80 Å². The number of fused-ring (bicyclic) bond motifs is 1. The van der Waals surface area contributed by atoms with Crippen molar-refractivity contribution in [1.29, 1.82) is 0 Å². The fraction of sp³-hybridized carbons (Fsp3) is 0.476. The standard InChI is InChI=1S/C21H26N4O2/c1-14-15(2)22-21(25-12-7-16-5-3-4-6-18(16)13-25)23-19(14)24-10-8-17(9-11-24)20(26)27/h3-6,17H,7-13H2,1-2H3,(H,26,27). The van der Waals surface area contributed by atoms with Crippen LogP contribution in [0.15, 0.2) is 24.3 Å². The number of hydrogen-bond acceptors (Lipinski definition) is 5. The highest BCUT2D eigenvalue weighted by Gasteiger charge is 2.27. The molecular formula is C21H26N4O2. The summed E-state index contributed by atoms with van der Waals surface area (Å²) in [6.45, 7) is 7.31. The van der Waals surface area contributed by atoms with Gasteiger partial charge in [0.2, 0.25) is 5.95 Å². The SMILES string of the molecule is Cc1nc(N2CCc3ccccc3C2)nc(N2CCC(C(=O)O)CC2)c1C. The molecule has 0 aliphatic carbocycles. The third-order valence-corrected chi connectivity index (χ3v) is 5.91. The zero-order chi connectivity index (χ0) is 19.0. The summed E-state index contributed by atoms with van der Waals surface area (Å²) >= 11 is 0. The van der Waals surface area contributed by atoms with E-state index in [4.69, 9.17) is 9.97 Å². The summed E-state index contributed by atoms with van der Waals surface area (Å²) in [6, 6.07) is 8.56. The molecule has 2 aromatic rings. The molecule has 1 aromatic heterocycles. The predicted molar refractivity (Wildman–Crippen MR) is 105 cm³/mol. The monoisotopic (exact) mass is 366 g/mol. The van der Waals surface area contributed by atoms with Crippen LogP contribution >= 0.6 is 0 Å². The minimum absolute atomic E-state index is 0.234. The van der Waals surface area contributed by atoms with Crippen molar-refractivity contribution < 1.29 is 9.90 Å². The minimum atomic E-state index is -0.682. The lowest BCUT2D eigenvalue weighted by Gasteiger charge is -2.34. The smallest absolute Gasteiger partial charge is 0.306 e. The molecule has 4 rings (SSSR count). The van der Waals surface area contributed by atoms with E-state index in [1.165, 1.54) is 11.1 Å². The molecular weight excluding hydrogens is 340 g/mol. The van der Waals surface area contributed by atoms with Gasteiger partial charge in [-0.25, -0.2) is 4.98 Å². The zero-order valence-corrected chi connectivity index (χ0v) is 16.0. The average Bonchev–Trinajstić information content (AvgIpc) is 2.69. The first-order chi connectivity index (χ1) is 13.0. The molecule has 0 amide bonds. The molecule has 3 heterocycles. The van der Waals surface area contributed by atoms with E-state index >= 15 is 0 Å². The maximum atomic E-state index is 11.2. The zero-order valence-electron chi connectivity index (χ0n) is 16.0. The quantitative estimate of drug-likeness (QED) is 0.901. The maximum Gasteiger partial charge on any atom is 0.306 e. The van der Waals surface area contributed by atoms with Gasteiger partial charge in [0, 0.05) is 37.4 Å². The van der Waals surface area contributed by atoms with Gasteiger partial charge in [0.1, 0.15) is 5.82 Å². The van der Waals surface area contributed by atoms with E-state index in [2.05, 4.69) is 41.0 Å². The molecule has 0 saturated carbocycles. The van der Waals surface area contributed by atoms with Crippen LogP contribution in [0.25, 0.3) is 0 Å². The van der Waals surface area contributed by atoms with Gasteiger partial charge in [-0.1, -0.05) is 24.3 Å². The van der Waals surface area contributed by atoms with Crippen LogP contribution in [0.4, 0.5) is 11.8 Å². The second-order valence-electron chi connectivity index (χ2n) is 7.60. The van der Waals surface area contributed by atoms with Crippen molar-refractivity contribution in [3.05, 3.63) is 46.6 Å². The van der Waals surface area contributed by atoms with Crippen LogP contribution in [0.5, 0.6) is 0 Å². The highest BCUT2D eigenvalue weighted by Crippen LogP contribution is 2.29. The number of nitrogens with zero attached hydrogens (tertiary/aromatic N) is 4. The van der Waals surface area contributed by atoms with Crippen molar-refractivity contribution in [2.45, 2.75) is 39.7 Å². The van der Waals surface area contributed by atoms with Crippen molar-refractivity contribution >= 4 is 17.7 Å². The van der Waals surface area contributed by atoms with E-state index in [1.807, 2.05) is 6.92 Å². The van der Waals surface area contributed by atoms with Gasteiger partial charge in [-0.15, -0.1) is 0 Å². The number of anilines is 2. The second-order valence-corrected chi connectivity index (χ2v) is 7.60. The van der Waals surface area contributed by atoms with E-state index in [-0.39, 0.29) is 5.92 Å². The van der Waals surface area contributed by atoms with Crippen molar-refractivity contribution in [2.24, 2.45) is 5.92 Å². The normalized spacial score (nSPS) is 17.7. The number of piperidine rings is 1. The first-order valence-electron chi connectivity index (χ1n) is 9.67. The fourth-order valence-electron chi connectivity index (χ4n) is 4.05. The lowest BCUT2D eigenvalue weighted by molar-refractivity contribution is -0.142. The summed E-state index contributed by atoms with van der Waals surface area (Å²) in [6.07, 6.45) is 2.35. The fourth-order valence-corrected chi connectivity index (χ4v) is 4.05. The third kappa shape index (κ3) is 3.48. The molecule has 6 nitrogen and oxygen atoms in total. The Morgan fingerprint density at radius 2 is 1.74 bits per heavy atom. The van der Waals surface area contributed by atoms with Crippen LogP contribution in [0.2, 0.25) is 0 Å². The van der Waals surface area contributed by atoms with Gasteiger partial charge < -0.3 is 14.9 Å². The van der Waals surface area contributed by atoms with Gasteiger partial charge in [-0.2, -0.15) is 4.98 Å². The largest absolute Gasteiger partial charge is 0.481 e. The Hall–Kier alpha value is -2.63. The minimum Gasteiger partial charge on any atom is -0.481 e. The van der Waals surface area contributed by atoms with E-state index in [1.54, 1.807) is 0 Å². The number of carboxylic acid groups (broad SMARTS) is 1. The summed E-state index contributed by atoms with van der Waals surface area (Å²) in [5, 5.41) is 9.24. The molecule has 0 atom stereocenters. The molecule has 1 fully saturated rings. The Kier molecular flexibility index (Phi) is 4.72. The number of carbonyl (C=O) groups is 1. The lowest BCUT2D eigenvalue weighted by Crippen LogP contribution is -2.38. The molecule has 27 heavy (non-hydrogen) atoms.